The number of allylic oxidation sites excluding steroid dienone is 2. The molecular formula is C35H44Cl2N6O5. The maximum atomic E-state index is 14.6. The summed E-state index contributed by atoms with van der Waals surface area (Å²) in [5, 5.41) is 7.05. The highest BCUT2D eigenvalue weighted by molar-refractivity contribution is 6.42. The van der Waals surface area contributed by atoms with Gasteiger partial charge in [-0.2, -0.15) is 0 Å². The van der Waals surface area contributed by atoms with E-state index in [2.05, 4.69) is 16.7 Å². The molecule has 0 bridgehead atoms. The Morgan fingerprint density at radius 1 is 1.02 bits per heavy atom. The quantitative estimate of drug-likeness (QED) is 0.245. The predicted octanol–water partition coefficient (Wildman–Crippen LogP) is 7.42. The summed E-state index contributed by atoms with van der Waals surface area (Å²) in [4.78, 5) is 35.5. The number of anilines is 2. The third-order valence-electron chi connectivity index (χ3n) is 8.37. The van der Waals surface area contributed by atoms with E-state index < -0.39 is 11.7 Å². The zero-order chi connectivity index (χ0) is 34.6. The SMILES string of the molecule is COc1cc(OC)c(Cl)c(N2CC3=CCC/C=C(\NC4CCCCC4NC(=O)OC(C)(C)C)N=C3N(Cc3cccc(N)c3)C2=O)c1Cl. The Hall–Kier alpha value is -4.09. The van der Waals surface area contributed by atoms with Crippen molar-refractivity contribution in [3.05, 3.63) is 69.5 Å². The van der Waals surface area contributed by atoms with E-state index in [9.17, 15) is 9.59 Å². The molecule has 2 atom stereocenters. The van der Waals surface area contributed by atoms with Crippen molar-refractivity contribution in [1.29, 1.82) is 0 Å². The molecule has 258 valence electrons. The molecule has 48 heavy (non-hydrogen) atoms. The Balaban J connectivity index is 1.52. The number of hydrogen-bond acceptors (Lipinski definition) is 8. The number of hydrogen-bond donors (Lipinski definition) is 3. The molecule has 13 heteroatoms. The van der Waals surface area contributed by atoms with E-state index in [1.54, 1.807) is 17.0 Å². The van der Waals surface area contributed by atoms with Crippen LogP contribution < -0.4 is 30.7 Å². The number of halogens is 2. The number of amidine groups is 1. The van der Waals surface area contributed by atoms with E-state index in [0.29, 0.717) is 35.3 Å². The van der Waals surface area contributed by atoms with Crippen molar-refractivity contribution < 1.29 is 23.8 Å². The van der Waals surface area contributed by atoms with Gasteiger partial charge in [-0.3, -0.25) is 9.80 Å². The highest BCUT2D eigenvalue weighted by atomic mass is 35.5. The smallest absolute Gasteiger partial charge is 0.407 e. The number of carbonyl (C=O) groups excluding carboxylic acids is 2. The number of fused-ring (bicyclic) bond motifs is 1. The molecule has 2 aliphatic heterocycles. The first-order valence-corrected chi connectivity index (χ1v) is 16.9. The van der Waals surface area contributed by atoms with Crippen LogP contribution in [-0.4, -0.2) is 61.3 Å². The van der Waals surface area contributed by atoms with E-state index in [1.807, 2.05) is 45.0 Å². The van der Waals surface area contributed by atoms with Gasteiger partial charge in [-0.15, -0.1) is 0 Å². The summed E-state index contributed by atoms with van der Waals surface area (Å²) in [6.45, 7) is 5.89. The van der Waals surface area contributed by atoms with Gasteiger partial charge in [0.25, 0.3) is 0 Å². The first kappa shape index (κ1) is 35.2. The van der Waals surface area contributed by atoms with E-state index in [1.165, 1.54) is 19.1 Å². The maximum absolute atomic E-state index is 14.6. The standard InChI is InChI=1S/C35H44Cl2N6O5/c1-35(2,3)48-33(44)40-25-15-8-7-14-24(25)39-28-16-9-6-12-22-20-42(31-29(36)26(46-4)18-27(47-5)30(31)37)34(45)43(32(22)41-28)19-21-11-10-13-23(38)17-21/h10-13,16-18,24-25,39H,6-9,14-15,19-20,38H2,1-5H3,(H,40,44)/b22-12?,28-16+,41-32?. The molecule has 2 aromatic carbocycles. The Labute approximate surface area is 292 Å². The lowest BCUT2D eigenvalue weighted by Crippen LogP contribution is -2.54. The van der Waals surface area contributed by atoms with Gasteiger partial charge in [-0.25, -0.2) is 14.6 Å². The molecule has 3 aliphatic rings. The summed E-state index contributed by atoms with van der Waals surface area (Å²) in [6.07, 6.45) is 8.78. The largest absolute Gasteiger partial charge is 0.495 e. The molecule has 2 fully saturated rings. The van der Waals surface area contributed by atoms with Crippen LogP contribution in [0.1, 0.15) is 64.9 Å². The lowest BCUT2D eigenvalue weighted by atomic mass is 9.90. The number of nitrogens with two attached hydrogens (primary N) is 1. The van der Waals surface area contributed by atoms with Crippen molar-refractivity contribution in [3.63, 3.8) is 0 Å². The van der Waals surface area contributed by atoms with Crippen LogP contribution in [0, 0.1) is 0 Å². The second-order valence-electron chi connectivity index (χ2n) is 13.1. The van der Waals surface area contributed by atoms with Crippen LogP contribution in [0.4, 0.5) is 21.0 Å². The number of ether oxygens (including phenoxy) is 3. The lowest BCUT2D eigenvalue weighted by Gasteiger charge is -2.39. The fourth-order valence-corrected chi connectivity index (χ4v) is 6.87. The van der Waals surface area contributed by atoms with Gasteiger partial charge in [0, 0.05) is 23.4 Å². The van der Waals surface area contributed by atoms with Gasteiger partial charge in [-0.05, 0) is 70.2 Å². The Morgan fingerprint density at radius 3 is 2.33 bits per heavy atom. The van der Waals surface area contributed by atoms with Crippen molar-refractivity contribution in [2.45, 2.75) is 83.5 Å². The fourth-order valence-electron chi connectivity index (χ4n) is 6.16. The summed E-state index contributed by atoms with van der Waals surface area (Å²) in [5.74, 6) is 1.79. The van der Waals surface area contributed by atoms with E-state index in [-0.39, 0.29) is 46.9 Å². The van der Waals surface area contributed by atoms with Gasteiger partial charge in [0.15, 0.2) is 0 Å². The molecule has 2 unspecified atom stereocenters. The summed E-state index contributed by atoms with van der Waals surface area (Å²) in [7, 11) is 2.98. The van der Waals surface area contributed by atoms with Gasteiger partial charge < -0.3 is 30.6 Å². The number of carbonyl (C=O) groups is 2. The topological polar surface area (TPSA) is 131 Å². The second-order valence-corrected chi connectivity index (χ2v) is 13.8. The van der Waals surface area contributed by atoms with E-state index in [0.717, 1.165) is 43.2 Å². The van der Waals surface area contributed by atoms with Crippen LogP contribution >= 0.6 is 23.2 Å². The molecule has 5 rings (SSSR count). The van der Waals surface area contributed by atoms with E-state index >= 15 is 0 Å². The molecule has 2 aromatic rings. The zero-order valence-electron chi connectivity index (χ0n) is 28.1. The summed E-state index contributed by atoms with van der Waals surface area (Å²) >= 11 is 13.6. The third-order valence-corrected chi connectivity index (χ3v) is 9.10. The van der Waals surface area contributed by atoms with Crippen LogP contribution in [-0.2, 0) is 11.3 Å². The highest BCUT2D eigenvalue weighted by Gasteiger charge is 2.39. The van der Waals surface area contributed by atoms with Crippen molar-refractivity contribution in [3.8, 4) is 11.5 Å². The molecule has 1 aliphatic carbocycles. The molecule has 11 nitrogen and oxygen atoms in total. The Bertz CT molecular complexity index is 1610. The van der Waals surface area contributed by atoms with Crippen molar-refractivity contribution in [2.75, 3.05) is 31.4 Å². The minimum atomic E-state index is -0.600. The van der Waals surface area contributed by atoms with Crippen LogP contribution in [0.5, 0.6) is 11.5 Å². The zero-order valence-corrected chi connectivity index (χ0v) is 29.6. The van der Waals surface area contributed by atoms with Crippen LogP contribution in [0.2, 0.25) is 10.0 Å². The molecule has 0 aromatic heterocycles. The van der Waals surface area contributed by atoms with Crippen LogP contribution in [0.3, 0.4) is 0 Å². The number of methoxy groups -OCH3 is 2. The highest BCUT2D eigenvalue weighted by Crippen LogP contribution is 2.47. The number of amides is 3. The van der Waals surface area contributed by atoms with Gasteiger partial charge in [0.05, 0.1) is 39.0 Å². The van der Waals surface area contributed by atoms with Gasteiger partial charge in [0.1, 0.15) is 38.8 Å². The molecular weight excluding hydrogens is 655 g/mol. The number of nitrogens with one attached hydrogen (secondary N) is 2. The third kappa shape index (κ3) is 8.13. The molecule has 1 saturated carbocycles. The van der Waals surface area contributed by atoms with Gasteiger partial charge in [-0.1, -0.05) is 54.3 Å². The summed E-state index contributed by atoms with van der Waals surface area (Å²) in [5.41, 5.74) is 8.04. The first-order chi connectivity index (χ1) is 22.9. The second kappa shape index (κ2) is 15.0. The van der Waals surface area contributed by atoms with Crippen molar-refractivity contribution in [2.24, 2.45) is 4.99 Å². The van der Waals surface area contributed by atoms with Crippen LogP contribution in [0.15, 0.2) is 58.9 Å². The lowest BCUT2D eigenvalue weighted by molar-refractivity contribution is 0.0481. The van der Waals surface area contributed by atoms with E-state index in [4.69, 9.17) is 48.1 Å². The Kier molecular flexibility index (Phi) is 11.0. The fraction of sp³-hybridized carbons (Fsp3) is 0.457. The van der Waals surface area contributed by atoms with Crippen molar-refractivity contribution in [1.82, 2.24) is 15.5 Å². The predicted molar refractivity (Wildman–Crippen MR) is 190 cm³/mol. The molecule has 0 spiro atoms. The number of aliphatic imine (C=N–C) groups is 1. The maximum Gasteiger partial charge on any atom is 0.407 e. The molecule has 0 radical (unpaired) electrons. The number of rotatable bonds is 8. The molecule has 3 amide bonds. The van der Waals surface area contributed by atoms with Crippen LogP contribution in [0.25, 0.3) is 0 Å². The van der Waals surface area contributed by atoms with Crippen molar-refractivity contribution >= 4 is 52.5 Å². The monoisotopic (exact) mass is 698 g/mol. The number of benzene rings is 2. The number of alkyl carbamates (subject to hydrolysis) is 1. The van der Waals surface area contributed by atoms with Gasteiger partial charge >= 0.3 is 12.1 Å². The molecule has 4 N–H and O–H groups in total. The number of urea groups is 1. The molecule has 2 heterocycles. The number of nitrogens with zero attached hydrogens (tertiary/aromatic N) is 3. The summed E-state index contributed by atoms with van der Waals surface area (Å²) in [6, 6.07) is 8.38. The first-order valence-electron chi connectivity index (χ1n) is 16.2. The minimum absolute atomic E-state index is 0.0752. The minimum Gasteiger partial charge on any atom is -0.495 e. The van der Waals surface area contributed by atoms with Gasteiger partial charge in [0.2, 0.25) is 0 Å². The summed E-state index contributed by atoms with van der Waals surface area (Å²) < 4.78 is 16.6. The molecule has 1 saturated heterocycles. The number of nitrogen functional groups attached to an aromatic ring is 1. The Morgan fingerprint density at radius 2 is 1.69 bits per heavy atom. The average molecular weight is 700 g/mol. The average Bonchev–Trinajstić information content (AvgIpc) is 3.01. The normalized spacial score (nSPS) is 21.1.